The van der Waals surface area contributed by atoms with E-state index < -0.39 is 0 Å². The van der Waals surface area contributed by atoms with Crippen molar-refractivity contribution < 1.29 is 0 Å². The van der Waals surface area contributed by atoms with Gasteiger partial charge in [-0.05, 0) is 13.0 Å². The van der Waals surface area contributed by atoms with E-state index in [1.54, 1.807) is 23.6 Å². The number of thiazole rings is 1. The van der Waals surface area contributed by atoms with Crippen molar-refractivity contribution in [3.63, 3.8) is 0 Å². The lowest BCUT2D eigenvalue weighted by Crippen LogP contribution is -2.07. The van der Waals surface area contributed by atoms with E-state index >= 15 is 0 Å². The Morgan fingerprint density at radius 2 is 2.35 bits per heavy atom. The standard InChI is InChI=1S/C11H13ClN4S/c1-7-16-9(6-17-7)2-3-14-11-10(12)4-8(13)5-15-11/h4-6H,2-3,13H2,1H3,(H,14,15). The first kappa shape index (κ1) is 12.1. The smallest absolute Gasteiger partial charge is 0.144 e. The summed E-state index contributed by atoms with van der Waals surface area (Å²) in [6.45, 7) is 2.75. The predicted molar refractivity (Wildman–Crippen MR) is 72.7 cm³/mol. The van der Waals surface area contributed by atoms with Crippen LogP contribution in [0, 0.1) is 6.92 Å². The van der Waals surface area contributed by atoms with E-state index in [9.17, 15) is 0 Å². The molecule has 2 aromatic heterocycles. The summed E-state index contributed by atoms with van der Waals surface area (Å²) in [5.74, 6) is 0.660. The van der Waals surface area contributed by atoms with Crippen LogP contribution < -0.4 is 11.1 Å². The van der Waals surface area contributed by atoms with Crippen molar-refractivity contribution in [1.82, 2.24) is 9.97 Å². The molecule has 0 saturated carbocycles. The van der Waals surface area contributed by atoms with Crippen LogP contribution in [-0.2, 0) is 6.42 Å². The number of nitrogens with zero attached hydrogens (tertiary/aromatic N) is 2. The van der Waals surface area contributed by atoms with Crippen LogP contribution in [-0.4, -0.2) is 16.5 Å². The number of nitrogens with two attached hydrogens (primary N) is 1. The molecule has 6 heteroatoms. The van der Waals surface area contributed by atoms with Crippen LogP contribution in [0.2, 0.25) is 5.02 Å². The first-order chi connectivity index (χ1) is 8.15. The number of aryl methyl sites for hydroxylation is 1. The minimum atomic E-state index is 0.541. The molecule has 0 spiro atoms. The molecule has 3 N–H and O–H groups in total. The fourth-order valence-corrected chi connectivity index (χ4v) is 2.30. The summed E-state index contributed by atoms with van der Waals surface area (Å²) < 4.78 is 0. The van der Waals surface area contributed by atoms with Gasteiger partial charge in [-0.25, -0.2) is 9.97 Å². The Labute approximate surface area is 109 Å². The number of hydrogen-bond donors (Lipinski definition) is 2. The van der Waals surface area contributed by atoms with Crippen molar-refractivity contribution >= 4 is 34.4 Å². The molecule has 0 atom stereocenters. The minimum Gasteiger partial charge on any atom is -0.397 e. The average molecular weight is 269 g/mol. The maximum Gasteiger partial charge on any atom is 0.144 e. The van der Waals surface area contributed by atoms with Crippen LogP contribution in [0.3, 0.4) is 0 Å². The fourth-order valence-electron chi connectivity index (χ4n) is 1.41. The minimum absolute atomic E-state index is 0.541. The Hall–Kier alpha value is -1.33. The molecule has 0 aromatic carbocycles. The topological polar surface area (TPSA) is 63.8 Å². The number of pyridine rings is 1. The molecule has 0 amide bonds. The highest BCUT2D eigenvalue weighted by Crippen LogP contribution is 2.20. The van der Waals surface area contributed by atoms with E-state index in [-0.39, 0.29) is 0 Å². The van der Waals surface area contributed by atoms with Gasteiger partial charge in [0.15, 0.2) is 0 Å². The van der Waals surface area contributed by atoms with E-state index in [0.29, 0.717) is 16.5 Å². The molecule has 0 saturated heterocycles. The first-order valence-corrected chi connectivity index (χ1v) is 6.47. The van der Waals surface area contributed by atoms with Gasteiger partial charge in [0.25, 0.3) is 0 Å². The van der Waals surface area contributed by atoms with Crippen molar-refractivity contribution in [2.45, 2.75) is 13.3 Å². The second kappa shape index (κ2) is 5.33. The SMILES string of the molecule is Cc1nc(CCNc2ncc(N)cc2Cl)cs1. The lowest BCUT2D eigenvalue weighted by molar-refractivity contribution is 0.961. The number of halogens is 1. The average Bonchev–Trinajstić information content (AvgIpc) is 2.68. The molecule has 2 aromatic rings. The normalized spacial score (nSPS) is 10.5. The van der Waals surface area contributed by atoms with Gasteiger partial charge >= 0.3 is 0 Å². The molecular weight excluding hydrogens is 256 g/mol. The molecule has 0 bridgehead atoms. The van der Waals surface area contributed by atoms with Gasteiger partial charge in [0.1, 0.15) is 5.82 Å². The molecule has 4 nitrogen and oxygen atoms in total. The van der Waals surface area contributed by atoms with Crippen LogP contribution in [0.15, 0.2) is 17.6 Å². The third-order valence-electron chi connectivity index (χ3n) is 2.20. The van der Waals surface area contributed by atoms with E-state index in [0.717, 1.165) is 23.7 Å². The zero-order valence-electron chi connectivity index (χ0n) is 9.40. The van der Waals surface area contributed by atoms with Gasteiger partial charge in [-0.15, -0.1) is 11.3 Å². The highest BCUT2D eigenvalue weighted by atomic mass is 35.5. The summed E-state index contributed by atoms with van der Waals surface area (Å²) in [6.07, 6.45) is 2.44. The quantitative estimate of drug-likeness (QED) is 0.895. The lowest BCUT2D eigenvalue weighted by Gasteiger charge is -2.06. The molecular formula is C11H13ClN4S. The predicted octanol–water partition coefficient (Wildman–Crippen LogP) is 2.74. The first-order valence-electron chi connectivity index (χ1n) is 5.21. The monoisotopic (exact) mass is 268 g/mol. The number of rotatable bonds is 4. The second-order valence-electron chi connectivity index (χ2n) is 3.63. The lowest BCUT2D eigenvalue weighted by atomic mass is 10.3. The van der Waals surface area contributed by atoms with Gasteiger partial charge < -0.3 is 11.1 Å². The summed E-state index contributed by atoms with van der Waals surface area (Å²) in [7, 11) is 0. The molecule has 0 unspecified atom stereocenters. The maximum atomic E-state index is 6.00. The summed E-state index contributed by atoms with van der Waals surface area (Å²) in [5.41, 5.74) is 7.22. The number of anilines is 2. The molecule has 2 rings (SSSR count). The fraction of sp³-hybridized carbons (Fsp3) is 0.273. The number of aromatic nitrogens is 2. The highest BCUT2D eigenvalue weighted by Gasteiger charge is 2.02. The number of hydrogen-bond acceptors (Lipinski definition) is 5. The molecule has 0 aliphatic heterocycles. The van der Waals surface area contributed by atoms with Gasteiger partial charge in [0.05, 0.1) is 27.6 Å². The summed E-state index contributed by atoms with van der Waals surface area (Å²) >= 11 is 7.66. The van der Waals surface area contributed by atoms with E-state index in [1.807, 2.05) is 6.92 Å². The second-order valence-corrected chi connectivity index (χ2v) is 5.10. The van der Waals surface area contributed by atoms with Crippen LogP contribution in [0.4, 0.5) is 11.5 Å². The van der Waals surface area contributed by atoms with Gasteiger partial charge in [-0.3, -0.25) is 0 Å². The molecule has 0 fully saturated rings. The van der Waals surface area contributed by atoms with Crippen molar-refractivity contribution in [3.8, 4) is 0 Å². The maximum absolute atomic E-state index is 6.00. The molecule has 2 heterocycles. The van der Waals surface area contributed by atoms with Crippen LogP contribution in [0.1, 0.15) is 10.7 Å². The van der Waals surface area contributed by atoms with E-state index in [1.165, 1.54) is 0 Å². The summed E-state index contributed by atoms with van der Waals surface area (Å²) in [5, 5.41) is 6.86. The Morgan fingerprint density at radius 1 is 1.53 bits per heavy atom. The number of nitrogen functional groups attached to an aromatic ring is 1. The van der Waals surface area contributed by atoms with Gasteiger partial charge in [0, 0.05) is 18.3 Å². The van der Waals surface area contributed by atoms with Gasteiger partial charge in [-0.1, -0.05) is 11.6 Å². The third kappa shape index (κ3) is 3.31. The number of nitrogens with one attached hydrogen (secondary N) is 1. The Balaban J connectivity index is 1.90. The van der Waals surface area contributed by atoms with E-state index in [2.05, 4.69) is 20.7 Å². The Morgan fingerprint density at radius 3 is 3.00 bits per heavy atom. The summed E-state index contributed by atoms with van der Waals surface area (Å²) in [6, 6.07) is 1.68. The zero-order valence-corrected chi connectivity index (χ0v) is 11.0. The Bertz CT molecular complexity index is 512. The zero-order chi connectivity index (χ0) is 12.3. The van der Waals surface area contributed by atoms with Crippen LogP contribution >= 0.6 is 22.9 Å². The third-order valence-corrected chi connectivity index (χ3v) is 3.31. The van der Waals surface area contributed by atoms with E-state index in [4.69, 9.17) is 17.3 Å². The largest absolute Gasteiger partial charge is 0.397 e. The molecule has 0 aliphatic rings. The Kier molecular flexibility index (Phi) is 3.81. The van der Waals surface area contributed by atoms with Gasteiger partial charge in [-0.2, -0.15) is 0 Å². The highest BCUT2D eigenvalue weighted by molar-refractivity contribution is 7.09. The molecule has 0 radical (unpaired) electrons. The van der Waals surface area contributed by atoms with Crippen LogP contribution in [0.25, 0.3) is 0 Å². The van der Waals surface area contributed by atoms with Crippen molar-refractivity contribution in [3.05, 3.63) is 33.4 Å². The van der Waals surface area contributed by atoms with Crippen LogP contribution in [0.5, 0.6) is 0 Å². The van der Waals surface area contributed by atoms with Crippen molar-refractivity contribution in [1.29, 1.82) is 0 Å². The molecule has 0 aliphatic carbocycles. The van der Waals surface area contributed by atoms with Crippen molar-refractivity contribution in [2.75, 3.05) is 17.6 Å². The molecule has 90 valence electrons. The van der Waals surface area contributed by atoms with Crippen molar-refractivity contribution in [2.24, 2.45) is 0 Å². The molecule has 17 heavy (non-hydrogen) atoms. The van der Waals surface area contributed by atoms with Gasteiger partial charge in [0.2, 0.25) is 0 Å². The summed E-state index contributed by atoms with van der Waals surface area (Å²) in [4.78, 5) is 8.51.